The Morgan fingerprint density at radius 3 is 1.86 bits per heavy atom. The van der Waals surface area contributed by atoms with E-state index in [1.165, 1.54) is 33.4 Å². The van der Waals surface area contributed by atoms with E-state index in [1.807, 2.05) is 0 Å². The summed E-state index contributed by atoms with van der Waals surface area (Å²) in [7, 11) is -2.51. The van der Waals surface area contributed by atoms with E-state index in [1.54, 1.807) is 0 Å². The van der Waals surface area contributed by atoms with Gasteiger partial charge in [0.15, 0.2) is 0 Å². The van der Waals surface area contributed by atoms with E-state index in [2.05, 4.69) is 65.8 Å². The molecule has 0 heterocycles. The summed E-state index contributed by atoms with van der Waals surface area (Å²) in [6, 6.07) is 8.92. The van der Waals surface area contributed by atoms with Gasteiger partial charge in [-0.25, -0.2) is 0 Å². The lowest BCUT2D eigenvalue weighted by atomic mass is 9.64. The summed E-state index contributed by atoms with van der Waals surface area (Å²) in [5, 5.41) is 0. The number of hydrogen-bond acceptors (Lipinski definition) is 3. The van der Waals surface area contributed by atoms with Crippen LogP contribution < -0.4 is 0 Å². The highest BCUT2D eigenvalue weighted by Gasteiger charge is 2.50. The third kappa shape index (κ3) is 4.03. The Morgan fingerprint density at radius 2 is 1.45 bits per heavy atom. The van der Waals surface area contributed by atoms with Crippen LogP contribution in [-0.2, 0) is 16.5 Å². The second kappa shape index (κ2) is 8.86. The maximum Gasteiger partial charge on any atom is 0.328 e. The van der Waals surface area contributed by atoms with Crippen LogP contribution in [-0.4, -0.2) is 9.79 Å². The van der Waals surface area contributed by atoms with Crippen LogP contribution >= 0.6 is 8.60 Å². The fourth-order valence-corrected chi connectivity index (χ4v) is 6.22. The van der Waals surface area contributed by atoms with E-state index in [9.17, 15) is 9.79 Å². The van der Waals surface area contributed by atoms with E-state index in [0.717, 1.165) is 43.2 Å². The number of hydrogen-bond donors (Lipinski definition) is 2. The summed E-state index contributed by atoms with van der Waals surface area (Å²) in [4.78, 5) is 20.4. The largest absolute Gasteiger partial charge is 0.328 e. The standard InChI is InChI=1S/C25H35O3P/c1-7-9-10-22(8-2)25(28-29(26)27)23-18(5)11-16(3)13-20(23)15-21-14-17(4)12-19(6)24(21)25/h11-14,22,26-27H,7-10,15H2,1-6H3. The van der Waals surface area contributed by atoms with Gasteiger partial charge in [-0.05, 0) is 86.3 Å². The first kappa shape index (κ1) is 22.4. The van der Waals surface area contributed by atoms with Gasteiger partial charge in [-0.15, -0.1) is 0 Å². The van der Waals surface area contributed by atoms with Crippen molar-refractivity contribution in [1.82, 2.24) is 0 Å². The zero-order valence-corrected chi connectivity index (χ0v) is 19.6. The summed E-state index contributed by atoms with van der Waals surface area (Å²) in [5.74, 6) is 0.173. The van der Waals surface area contributed by atoms with Gasteiger partial charge in [0, 0.05) is 0 Å². The highest BCUT2D eigenvalue weighted by Crippen LogP contribution is 2.56. The van der Waals surface area contributed by atoms with Crippen molar-refractivity contribution in [3.8, 4) is 0 Å². The first-order valence-corrected chi connectivity index (χ1v) is 12.0. The molecular weight excluding hydrogens is 379 g/mol. The van der Waals surface area contributed by atoms with Gasteiger partial charge in [0.25, 0.3) is 0 Å². The summed E-state index contributed by atoms with van der Waals surface area (Å²) in [5.41, 5.74) is 8.83. The van der Waals surface area contributed by atoms with Crippen LogP contribution in [0.3, 0.4) is 0 Å². The quantitative estimate of drug-likeness (QED) is 0.508. The normalized spacial score (nSPS) is 15.9. The zero-order valence-electron chi connectivity index (χ0n) is 18.7. The Labute approximate surface area is 177 Å². The minimum atomic E-state index is -2.51. The van der Waals surface area contributed by atoms with Gasteiger partial charge < -0.3 is 9.79 Å². The second-order valence-electron chi connectivity index (χ2n) is 8.74. The number of fused-ring (bicyclic) bond motifs is 2. The van der Waals surface area contributed by atoms with Crippen LogP contribution in [0.25, 0.3) is 0 Å². The molecule has 1 aliphatic carbocycles. The number of benzene rings is 2. The van der Waals surface area contributed by atoms with Crippen molar-refractivity contribution in [1.29, 1.82) is 0 Å². The van der Waals surface area contributed by atoms with Crippen LogP contribution in [0.4, 0.5) is 0 Å². The van der Waals surface area contributed by atoms with E-state index in [-0.39, 0.29) is 5.92 Å². The van der Waals surface area contributed by atoms with Gasteiger partial charge in [0.05, 0.1) is 0 Å². The molecule has 4 heteroatoms. The lowest BCUT2D eigenvalue weighted by Gasteiger charge is -2.47. The van der Waals surface area contributed by atoms with E-state index in [0.29, 0.717) is 0 Å². The highest BCUT2D eigenvalue weighted by molar-refractivity contribution is 7.39. The molecule has 1 unspecified atom stereocenters. The highest BCUT2D eigenvalue weighted by atomic mass is 31.2. The molecule has 2 aromatic rings. The third-order valence-corrected chi connectivity index (χ3v) is 6.90. The molecule has 0 amide bonds. The van der Waals surface area contributed by atoms with Crippen LogP contribution in [0.5, 0.6) is 0 Å². The van der Waals surface area contributed by atoms with Crippen LogP contribution in [0.15, 0.2) is 24.3 Å². The zero-order chi connectivity index (χ0) is 21.3. The fourth-order valence-electron chi connectivity index (χ4n) is 5.63. The van der Waals surface area contributed by atoms with Crippen LogP contribution in [0.2, 0.25) is 0 Å². The molecule has 0 radical (unpaired) electrons. The number of aryl methyl sites for hydroxylation is 4. The predicted octanol–water partition coefficient (Wildman–Crippen LogP) is 6.51. The molecule has 158 valence electrons. The molecule has 3 nitrogen and oxygen atoms in total. The Balaban J connectivity index is 2.41. The summed E-state index contributed by atoms with van der Waals surface area (Å²) >= 11 is 0. The van der Waals surface area contributed by atoms with Crippen molar-refractivity contribution < 1.29 is 14.3 Å². The molecule has 0 saturated carbocycles. The minimum Gasteiger partial charge on any atom is -0.328 e. The Hall–Kier alpha value is -1.25. The SMILES string of the molecule is CCCCC(CC)C1(OP(O)O)c2c(C)cc(C)cc2Cc2cc(C)cc(C)c21. The maximum atomic E-state index is 10.2. The van der Waals surface area contributed by atoms with Crippen LogP contribution in [0, 0.1) is 33.6 Å². The molecule has 0 fully saturated rings. The maximum absolute atomic E-state index is 10.2. The molecule has 29 heavy (non-hydrogen) atoms. The van der Waals surface area contributed by atoms with Gasteiger partial charge in [0.2, 0.25) is 0 Å². The Kier molecular flexibility index (Phi) is 6.85. The van der Waals surface area contributed by atoms with Gasteiger partial charge in [-0.3, -0.25) is 4.52 Å². The monoisotopic (exact) mass is 414 g/mol. The van der Waals surface area contributed by atoms with Crippen LogP contribution in [0.1, 0.15) is 84.0 Å². The molecule has 0 saturated heterocycles. The van der Waals surface area contributed by atoms with Gasteiger partial charge in [0.1, 0.15) is 5.60 Å². The number of unbranched alkanes of at least 4 members (excludes halogenated alkanes) is 1. The average molecular weight is 415 g/mol. The molecule has 2 N–H and O–H groups in total. The summed E-state index contributed by atoms with van der Waals surface area (Å²) in [6.45, 7) is 12.9. The third-order valence-electron chi connectivity index (χ3n) is 6.45. The van der Waals surface area contributed by atoms with Crippen molar-refractivity contribution >= 4 is 8.60 Å². The first-order chi connectivity index (χ1) is 13.7. The molecule has 2 aromatic carbocycles. The predicted molar refractivity (Wildman–Crippen MR) is 121 cm³/mol. The van der Waals surface area contributed by atoms with E-state index < -0.39 is 14.2 Å². The Morgan fingerprint density at radius 1 is 0.931 bits per heavy atom. The smallest absolute Gasteiger partial charge is 0.328 e. The lowest BCUT2D eigenvalue weighted by molar-refractivity contribution is 0.0195. The molecule has 1 atom stereocenters. The summed E-state index contributed by atoms with van der Waals surface area (Å²) < 4.78 is 6.30. The molecule has 0 aliphatic heterocycles. The molecule has 1 aliphatic rings. The lowest BCUT2D eigenvalue weighted by Crippen LogP contribution is -2.43. The minimum absolute atomic E-state index is 0.173. The van der Waals surface area contributed by atoms with Crippen molar-refractivity contribution in [3.05, 3.63) is 68.8 Å². The second-order valence-corrected chi connectivity index (χ2v) is 9.42. The number of rotatable bonds is 7. The Bertz CT molecular complexity index is 831. The molecule has 0 bridgehead atoms. The molecule has 0 aromatic heterocycles. The topological polar surface area (TPSA) is 49.7 Å². The molecular formula is C25H35O3P. The molecule has 0 spiro atoms. The van der Waals surface area contributed by atoms with Crippen molar-refractivity contribution in [3.63, 3.8) is 0 Å². The van der Waals surface area contributed by atoms with E-state index in [4.69, 9.17) is 4.52 Å². The fraction of sp³-hybridized carbons (Fsp3) is 0.520. The average Bonchev–Trinajstić information content (AvgIpc) is 2.60. The first-order valence-electron chi connectivity index (χ1n) is 10.8. The summed E-state index contributed by atoms with van der Waals surface area (Å²) in [6.07, 6.45) is 4.98. The van der Waals surface area contributed by atoms with Crippen molar-refractivity contribution in [2.24, 2.45) is 5.92 Å². The van der Waals surface area contributed by atoms with E-state index >= 15 is 0 Å². The van der Waals surface area contributed by atoms with Crippen molar-refractivity contribution in [2.75, 3.05) is 0 Å². The van der Waals surface area contributed by atoms with Gasteiger partial charge in [-0.2, -0.15) is 0 Å². The van der Waals surface area contributed by atoms with Gasteiger partial charge >= 0.3 is 8.60 Å². The van der Waals surface area contributed by atoms with Crippen molar-refractivity contribution in [2.45, 2.75) is 79.2 Å². The molecule has 3 rings (SSSR count). The van der Waals surface area contributed by atoms with Gasteiger partial charge in [-0.1, -0.05) is 62.1 Å².